The SMILES string of the molecule is CCCCCCOc1ccc(-c2cccc(OCCCCCCCCCCC(=O)O[C@H]3CC[C@@]4(C)C(=CC[C@H]5[C@@H]6CC[C@H]([C@H](C)CCCC(C)C)[C@@]6(C)CC[C@@H]54)C3)c2)cc1. The van der Waals surface area contributed by atoms with E-state index in [4.69, 9.17) is 14.2 Å². The monoisotopic (exact) mass is 823 g/mol. The van der Waals surface area contributed by atoms with Crippen molar-refractivity contribution in [2.45, 2.75) is 202 Å². The Morgan fingerprint density at radius 3 is 2.13 bits per heavy atom. The number of hydrogen-bond acceptors (Lipinski definition) is 4. The summed E-state index contributed by atoms with van der Waals surface area (Å²) in [6.07, 6.45) is 31.9. The molecule has 0 aliphatic heterocycles. The second-order valence-electron chi connectivity index (χ2n) is 21.0. The molecule has 4 heteroatoms. The van der Waals surface area contributed by atoms with Crippen LogP contribution in [0.1, 0.15) is 196 Å². The summed E-state index contributed by atoms with van der Waals surface area (Å²) in [5, 5.41) is 0. The summed E-state index contributed by atoms with van der Waals surface area (Å²) in [6.45, 7) is 16.4. The standard InChI is InChI=1S/C56H86O4/c1-7-8-9-17-38-58-47-29-26-44(27-30-47)45-23-20-24-48(40-45)59-39-18-15-13-11-10-12-14-16-25-54(57)60-49-34-36-55(5)46(41-49)28-31-50-52-33-32-51(43(4)22-19-21-42(2)3)56(52,6)37-35-53(50)55/h20,23-24,26-30,40,42-43,49-53H,7-19,21-22,25,31-39,41H2,1-6H3/t43-,49+,50+,51-,52+,53+,55+,56-/m1/s1. The van der Waals surface area contributed by atoms with Gasteiger partial charge in [0.1, 0.15) is 17.6 Å². The number of hydrogen-bond donors (Lipinski definition) is 0. The van der Waals surface area contributed by atoms with Crippen LogP contribution < -0.4 is 9.47 Å². The number of ether oxygens (including phenoxy) is 3. The molecule has 4 aliphatic carbocycles. The Morgan fingerprint density at radius 2 is 1.40 bits per heavy atom. The molecule has 2 aromatic rings. The summed E-state index contributed by atoms with van der Waals surface area (Å²) in [7, 11) is 0. The van der Waals surface area contributed by atoms with E-state index in [2.05, 4.69) is 96.1 Å². The van der Waals surface area contributed by atoms with Crippen molar-refractivity contribution in [2.24, 2.45) is 46.3 Å². The third-order valence-electron chi connectivity index (χ3n) is 16.4. The molecule has 2 aromatic carbocycles. The maximum absolute atomic E-state index is 13.0. The molecule has 0 aromatic heterocycles. The molecule has 0 spiro atoms. The zero-order valence-corrected chi connectivity index (χ0v) is 39.3. The van der Waals surface area contributed by atoms with Crippen LogP contribution in [0.3, 0.4) is 0 Å². The number of carbonyl (C=O) groups excluding carboxylic acids is 1. The smallest absolute Gasteiger partial charge is 0.306 e. The fraction of sp³-hybridized carbons (Fsp3) is 0.732. The lowest BCUT2D eigenvalue weighted by atomic mass is 9.47. The van der Waals surface area contributed by atoms with Crippen LogP contribution in [0.25, 0.3) is 11.1 Å². The molecule has 0 amide bonds. The van der Waals surface area contributed by atoms with E-state index in [1.807, 2.05) is 0 Å². The average Bonchev–Trinajstić information content (AvgIpc) is 3.60. The number of rotatable bonds is 25. The minimum Gasteiger partial charge on any atom is -0.494 e. The summed E-state index contributed by atoms with van der Waals surface area (Å²) < 4.78 is 18.2. The molecule has 0 heterocycles. The molecule has 3 saturated carbocycles. The molecule has 4 aliphatic rings. The molecule has 0 N–H and O–H groups in total. The van der Waals surface area contributed by atoms with E-state index < -0.39 is 0 Å². The Hall–Kier alpha value is -2.75. The normalized spacial score (nSPS) is 27.7. The number of allylic oxidation sites excluding steroid dienone is 1. The predicted molar refractivity (Wildman–Crippen MR) is 251 cm³/mol. The van der Waals surface area contributed by atoms with Crippen molar-refractivity contribution in [1.82, 2.24) is 0 Å². The van der Waals surface area contributed by atoms with E-state index in [0.29, 0.717) is 17.3 Å². The Kier molecular flexibility index (Phi) is 18.0. The molecule has 0 radical (unpaired) electrons. The van der Waals surface area contributed by atoms with Crippen LogP contribution in [0.15, 0.2) is 60.2 Å². The zero-order valence-electron chi connectivity index (χ0n) is 39.3. The van der Waals surface area contributed by atoms with Gasteiger partial charge < -0.3 is 14.2 Å². The van der Waals surface area contributed by atoms with E-state index in [-0.39, 0.29) is 12.1 Å². The maximum atomic E-state index is 13.0. The molecule has 0 unspecified atom stereocenters. The van der Waals surface area contributed by atoms with Gasteiger partial charge in [0, 0.05) is 12.8 Å². The fourth-order valence-electron chi connectivity index (χ4n) is 12.8. The Bertz CT molecular complexity index is 1610. The van der Waals surface area contributed by atoms with Crippen molar-refractivity contribution in [2.75, 3.05) is 13.2 Å². The Morgan fingerprint density at radius 1 is 0.700 bits per heavy atom. The molecule has 4 nitrogen and oxygen atoms in total. The topological polar surface area (TPSA) is 44.8 Å². The van der Waals surface area contributed by atoms with Gasteiger partial charge in [0.25, 0.3) is 0 Å². The second kappa shape index (κ2) is 23.1. The molecule has 0 bridgehead atoms. The first kappa shape index (κ1) is 46.7. The van der Waals surface area contributed by atoms with E-state index in [0.717, 1.165) is 98.7 Å². The molecule has 8 atom stereocenters. The summed E-state index contributed by atoms with van der Waals surface area (Å²) >= 11 is 0. The quantitative estimate of drug-likeness (QED) is 0.0568. The molecular weight excluding hydrogens is 737 g/mol. The largest absolute Gasteiger partial charge is 0.494 e. The van der Waals surface area contributed by atoms with Crippen molar-refractivity contribution in [3.8, 4) is 22.6 Å². The minimum absolute atomic E-state index is 0.0346. The van der Waals surface area contributed by atoms with Gasteiger partial charge in [0.2, 0.25) is 0 Å². The molecular formula is C56H86O4. The van der Waals surface area contributed by atoms with Crippen LogP contribution in [0.2, 0.25) is 0 Å². The summed E-state index contributed by atoms with van der Waals surface area (Å²) in [5.74, 6) is 7.10. The van der Waals surface area contributed by atoms with Crippen molar-refractivity contribution in [1.29, 1.82) is 0 Å². The third-order valence-corrected chi connectivity index (χ3v) is 16.4. The molecule has 3 fully saturated rings. The number of benzene rings is 2. The fourth-order valence-corrected chi connectivity index (χ4v) is 12.8. The number of carbonyl (C=O) groups is 1. The Labute approximate surface area is 367 Å². The number of esters is 1. The van der Waals surface area contributed by atoms with E-state index in [1.165, 1.54) is 120 Å². The molecule has 334 valence electrons. The first-order valence-corrected chi connectivity index (χ1v) is 25.5. The Balaban J connectivity index is 0.805. The van der Waals surface area contributed by atoms with Gasteiger partial charge in [0.15, 0.2) is 0 Å². The number of unbranched alkanes of at least 4 members (excludes halogenated alkanes) is 10. The second-order valence-corrected chi connectivity index (χ2v) is 21.0. The molecule has 6 rings (SSSR count). The highest BCUT2D eigenvalue weighted by Gasteiger charge is 2.59. The van der Waals surface area contributed by atoms with Crippen LogP contribution in [-0.2, 0) is 9.53 Å². The van der Waals surface area contributed by atoms with Crippen molar-refractivity contribution >= 4 is 5.97 Å². The highest BCUT2D eigenvalue weighted by molar-refractivity contribution is 5.69. The van der Waals surface area contributed by atoms with Crippen LogP contribution in [0.5, 0.6) is 11.5 Å². The average molecular weight is 823 g/mol. The van der Waals surface area contributed by atoms with Crippen LogP contribution in [0, 0.1) is 46.3 Å². The van der Waals surface area contributed by atoms with Crippen LogP contribution >= 0.6 is 0 Å². The van der Waals surface area contributed by atoms with Gasteiger partial charge in [-0.2, -0.15) is 0 Å². The highest BCUT2D eigenvalue weighted by atomic mass is 16.5. The summed E-state index contributed by atoms with van der Waals surface area (Å²) in [5.41, 5.74) is 4.83. The molecule has 60 heavy (non-hydrogen) atoms. The summed E-state index contributed by atoms with van der Waals surface area (Å²) in [6, 6.07) is 16.9. The van der Waals surface area contributed by atoms with Gasteiger partial charge in [-0.05, 0) is 146 Å². The predicted octanol–water partition coefficient (Wildman–Crippen LogP) is 16.2. The van der Waals surface area contributed by atoms with E-state index in [9.17, 15) is 4.79 Å². The first-order valence-electron chi connectivity index (χ1n) is 25.5. The van der Waals surface area contributed by atoms with Gasteiger partial charge in [-0.25, -0.2) is 0 Å². The minimum atomic E-state index is 0.0346. The van der Waals surface area contributed by atoms with Crippen LogP contribution in [0.4, 0.5) is 0 Å². The van der Waals surface area contributed by atoms with Crippen molar-refractivity contribution in [3.63, 3.8) is 0 Å². The van der Waals surface area contributed by atoms with E-state index >= 15 is 0 Å². The summed E-state index contributed by atoms with van der Waals surface area (Å²) in [4.78, 5) is 13.0. The maximum Gasteiger partial charge on any atom is 0.306 e. The van der Waals surface area contributed by atoms with Gasteiger partial charge in [-0.15, -0.1) is 0 Å². The van der Waals surface area contributed by atoms with E-state index in [1.54, 1.807) is 5.57 Å². The van der Waals surface area contributed by atoms with Crippen molar-refractivity contribution in [3.05, 3.63) is 60.2 Å². The lowest BCUT2D eigenvalue weighted by Crippen LogP contribution is -2.51. The highest BCUT2D eigenvalue weighted by Crippen LogP contribution is 2.67. The first-order chi connectivity index (χ1) is 29.1. The van der Waals surface area contributed by atoms with Gasteiger partial charge in [-0.3, -0.25) is 4.79 Å². The van der Waals surface area contributed by atoms with Gasteiger partial charge in [-0.1, -0.05) is 155 Å². The zero-order chi connectivity index (χ0) is 42.4. The lowest BCUT2D eigenvalue weighted by Gasteiger charge is -2.58. The van der Waals surface area contributed by atoms with Gasteiger partial charge >= 0.3 is 5.97 Å². The van der Waals surface area contributed by atoms with Gasteiger partial charge in [0.05, 0.1) is 13.2 Å². The van der Waals surface area contributed by atoms with Crippen molar-refractivity contribution < 1.29 is 19.0 Å². The van der Waals surface area contributed by atoms with Crippen LogP contribution in [-0.4, -0.2) is 25.3 Å². The lowest BCUT2D eigenvalue weighted by molar-refractivity contribution is -0.151. The third kappa shape index (κ3) is 12.5. The number of fused-ring (bicyclic) bond motifs is 5. The molecule has 0 saturated heterocycles.